The van der Waals surface area contributed by atoms with Crippen LogP contribution in [0.3, 0.4) is 0 Å². The van der Waals surface area contributed by atoms with Crippen molar-refractivity contribution in [1.29, 1.82) is 0 Å². The van der Waals surface area contributed by atoms with Crippen LogP contribution >= 0.6 is 0 Å². The Kier molecular flexibility index (Phi) is 6.00. The molecule has 1 atom stereocenters. The topological polar surface area (TPSA) is 80.2 Å². The first kappa shape index (κ1) is 10.9. The van der Waals surface area contributed by atoms with Crippen molar-refractivity contribution in [2.24, 2.45) is 0 Å². The minimum Gasteiger partial charge on any atom is -0.468 e. The number of carbonyl (C=O) groups excluding carboxylic acids is 2. The quantitative estimate of drug-likeness (QED) is 0.310. The molecule has 0 aliphatic carbocycles. The first-order valence-electron chi connectivity index (χ1n) is 3.68. The van der Waals surface area contributed by atoms with Crippen LogP contribution in [0.25, 0.3) is 0 Å². The molecule has 0 aromatic rings. The van der Waals surface area contributed by atoms with Gasteiger partial charge in [-0.2, -0.15) is 0 Å². The van der Waals surface area contributed by atoms with Crippen LogP contribution in [-0.4, -0.2) is 32.2 Å². The average Bonchev–Trinajstić information content (AvgIpc) is 2.10. The molecule has 0 spiro atoms. The van der Waals surface area contributed by atoms with Gasteiger partial charge in [0.15, 0.2) is 6.04 Å². The number of hydrogen-bond donors (Lipinski definition) is 1. The molecule has 0 aromatic carbocycles. The molecule has 0 saturated carbocycles. The van der Waals surface area contributed by atoms with Crippen molar-refractivity contribution < 1.29 is 24.8 Å². The molecule has 0 aromatic heterocycles. The van der Waals surface area contributed by atoms with Gasteiger partial charge in [-0.05, 0) is 6.42 Å². The average molecular weight is 176 g/mol. The van der Waals surface area contributed by atoms with Crippen LogP contribution < -0.4 is 5.73 Å². The molecular formula is C7H14NO4+. The maximum absolute atomic E-state index is 10.8. The molecule has 70 valence electrons. The van der Waals surface area contributed by atoms with E-state index in [2.05, 4.69) is 15.2 Å². The first-order valence-corrected chi connectivity index (χ1v) is 3.68. The van der Waals surface area contributed by atoms with Gasteiger partial charge in [0, 0.05) is 6.42 Å². The van der Waals surface area contributed by atoms with Crippen molar-refractivity contribution in [2.45, 2.75) is 18.9 Å². The molecule has 0 rings (SSSR count). The molecule has 0 bridgehead atoms. The van der Waals surface area contributed by atoms with Gasteiger partial charge in [0.2, 0.25) is 0 Å². The Hall–Kier alpha value is -1.10. The highest BCUT2D eigenvalue weighted by Gasteiger charge is 2.16. The lowest BCUT2D eigenvalue weighted by molar-refractivity contribution is -0.409. The summed E-state index contributed by atoms with van der Waals surface area (Å²) in [7, 11) is 1.32. The van der Waals surface area contributed by atoms with Gasteiger partial charge >= 0.3 is 5.97 Å². The largest absolute Gasteiger partial charge is 0.468 e. The van der Waals surface area contributed by atoms with E-state index in [0.717, 1.165) is 0 Å². The van der Waals surface area contributed by atoms with Crippen molar-refractivity contribution in [1.82, 2.24) is 0 Å². The maximum atomic E-state index is 10.8. The molecule has 0 radical (unpaired) electrons. The van der Waals surface area contributed by atoms with E-state index in [1.807, 2.05) is 0 Å². The van der Waals surface area contributed by atoms with Crippen molar-refractivity contribution in [2.75, 3.05) is 13.7 Å². The molecule has 0 heterocycles. The van der Waals surface area contributed by atoms with Gasteiger partial charge in [-0.25, -0.2) is 4.79 Å². The van der Waals surface area contributed by atoms with Crippen LogP contribution in [-0.2, 0) is 19.1 Å². The third kappa shape index (κ3) is 4.68. The predicted molar refractivity (Wildman–Crippen MR) is 39.9 cm³/mol. The van der Waals surface area contributed by atoms with E-state index in [9.17, 15) is 9.59 Å². The van der Waals surface area contributed by atoms with Gasteiger partial charge < -0.3 is 15.2 Å². The highest BCUT2D eigenvalue weighted by molar-refractivity contribution is 5.73. The third-order valence-corrected chi connectivity index (χ3v) is 1.42. The zero-order valence-electron chi connectivity index (χ0n) is 7.12. The Balaban J connectivity index is 3.36. The molecule has 5 nitrogen and oxygen atoms in total. The molecule has 0 fully saturated rings. The van der Waals surface area contributed by atoms with E-state index in [0.29, 0.717) is 25.9 Å². The normalized spacial score (nSPS) is 11.8. The van der Waals surface area contributed by atoms with Crippen molar-refractivity contribution in [3.63, 3.8) is 0 Å². The first-order chi connectivity index (χ1) is 5.72. The van der Waals surface area contributed by atoms with Gasteiger partial charge in [-0.1, -0.05) is 0 Å². The fourth-order valence-electron chi connectivity index (χ4n) is 0.746. The van der Waals surface area contributed by atoms with E-state index in [1.165, 1.54) is 7.11 Å². The van der Waals surface area contributed by atoms with E-state index in [1.54, 1.807) is 0 Å². The van der Waals surface area contributed by atoms with Gasteiger partial charge in [-0.3, -0.25) is 4.79 Å². The van der Waals surface area contributed by atoms with Gasteiger partial charge in [0.25, 0.3) is 6.47 Å². The van der Waals surface area contributed by atoms with Crippen LogP contribution in [0.1, 0.15) is 12.8 Å². The summed E-state index contributed by atoms with van der Waals surface area (Å²) in [4.78, 5) is 20.5. The van der Waals surface area contributed by atoms with E-state index in [-0.39, 0.29) is 12.0 Å². The van der Waals surface area contributed by atoms with Crippen molar-refractivity contribution in [3.05, 3.63) is 0 Å². The number of carbonyl (C=O) groups is 2. The summed E-state index contributed by atoms with van der Waals surface area (Å²) in [5, 5.41) is 0. The molecule has 3 N–H and O–H groups in total. The van der Waals surface area contributed by atoms with Gasteiger partial charge in [0.1, 0.15) is 0 Å². The standard InChI is InChI=1S/C7H13NO4/c1-11-7(10)6(8)3-2-4-12-5-9/h5-6H,2-4,8H2,1H3/p+1/t6-/m1/s1. The molecule has 0 amide bonds. The van der Waals surface area contributed by atoms with Crippen molar-refractivity contribution >= 4 is 12.4 Å². The molecule has 12 heavy (non-hydrogen) atoms. The lowest BCUT2D eigenvalue weighted by atomic mass is 10.2. The number of rotatable bonds is 6. The lowest BCUT2D eigenvalue weighted by Gasteiger charge is -2.04. The van der Waals surface area contributed by atoms with Crippen molar-refractivity contribution in [3.8, 4) is 0 Å². The second kappa shape index (κ2) is 6.60. The molecule has 0 unspecified atom stereocenters. The highest BCUT2D eigenvalue weighted by atomic mass is 16.5. The number of methoxy groups -OCH3 is 1. The molecule has 0 saturated heterocycles. The van der Waals surface area contributed by atoms with E-state index < -0.39 is 0 Å². The summed E-state index contributed by atoms with van der Waals surface area (Å²) in [5.74, 6) is -0.332. The number of hydrogen-bond acceptors (Lipinski definition) is 4. The van der Waals surface area contributed by atoms with Crippen LogP contribution in [0.5, 0.6) is 0 Å². The predicted octanol–water partition coefficient (Wildman–Crippen LogP) is -1.28. The lowest BCUT2D eigenvalue weighted by Crippen LogP contribution is -2.65. The summed E-state index contributed by atoms with van der Waals surface area (Å²) in [6.07, 6.45) is 1.20. The monoisotopic (exact) mass is 176 g/mol. The summed E-state index contributed by atoms with van der Waals surface area (Å²) in [6, 6.07) is -0.370. The minimum atomic E-state index is -0.370. The highest BCUT2D eigenvalue weighted by Crippen LogP contribution is 1.94. The van der Waals surface area contributed by atoms with Gasteiger partial charge in [-0.15, -0.1) is 0 Å². The second-order valence-electron chi connectivity index (χ2n) is 2.33. The fraction of sp³-hybridized carbons (Fsp3) is 0.714. The Morgan fingerprint density at radius 2 is 2.33 bits per heavy atom. The zero-order valence-corrected chi connectivity index (χ0v) is 7.12. The van der Waals surface area contributed by atoms with Crippen LogP contribution in [0, 0.1) is 0 Å². The number of ether oxygens (including phenoxy) is 2. The van der Waals surface area contributed by atoms with E-state index in [4.69, 9.17) is 0 Å². The smallest absolute Gasteiger partial charge is 0.364 e. The Morgan fingerprint density at radius 3 is 2.83 bits per heavy atom. The number of esters is 1. The summed E-state index contributed by atoms with van der Waals surface area (Å²) in [6.45, 7) is 0.711. The molecule has 0 aliphatic heterocycles. The summed E-state index contributed by atoms with van der Waals surface area (Å²) < 4.78 is 8.89. The second-order valence-corrected chi connectivity index (χ2v) is 2.33. The Morgan fingerprint density at radius 1 is 1.67 bits per heavy atom. The van der Waals surface area contributed by atoms with Crippen LogP contribution in [0.15, 0.2) is 0 Å². The number of quaternary nitrogens is 1. The zero-order chi connectivity index (χ0) is 9.40. The Labute approximate surface area is 70.8 Å². The third-order valence-electron chi connectivity index (χ3n) is 1.42. The maximum Gasteiger partial charge on any atom is 0.364 e. The summed E-state index contributed by atoms with van der Waals surface area (Å²) >= 11 is 0. The summed E-state index contributed by atoms with van der Waals surface area (Å²) in [5.41, 5.74) is 3.59. The Bertz CT molecular complexity index is 148. The van der Waals surface area contributed by atoms with Crippen LogP contribution in [0.4, 0.5) is 0 Å². The van der Waals surface area contributed by atoms with E-state index >= 15 is 0 Å². The molecular weight excluding hydrogens is 162 g/mol. The van der Waals surface area contributed by atoms with Crippen LogP contribution in [0.2, 0.25) is 0 Å². The minimum absolute atomic E-state index is 0.326. The molecule has 0 aliphatic rings. The molecule has 5 heteroatoms. The van der Waals surface area contributed by atoms with Gasteiger partial charge in [0.05, 0.1) is 13.7 Å². The SMILES string of the molecule is COC(=O)[C@H]([NH3+])CCCOC=O. The fourth-order valence-corrected chi connectivity index (χ4v) is 0.746.